The third kappa shape index (κ3) is 6.06. The smallest absolute Gasteiger partial charge is 0.253 e. The van der Waals surface area contributed by atoms with Crippen LogP contribution in [0.4, 0.5) is 5.69 Å². The number of hydrogen-bond donors (Lipinski definition) is 1. The molecule has 166 valence electrons. The van der Waals surface area contributed by atoms with Crippen molar-refractivity contribution in [2.45, 2.75) is 70.0 Å². The summed E-state index contributed by atoms with van der Waals surface area (Å²) in [4.78, 5) is 36.0. The molecule has 2 aromatic rings. The van der Waals surface area contributed by atoms with Crippen LogP contribution in [-0.2, 0) is 11.2 Å². The Morgan fingerprint density at radius 2 is 1.68 bits per heavy atom. The summed E-state index contributed by atoms with van der Waals surface area (Å²) in [6.07, 6.45) is 8.73. The molecule has 6 nitrogen and oxygen atoms in total. The van der Waals surface area contributed by atoms with Gasteiger partial charge < -0.3 is 10.2 Å². The van der Waals surface area contributed by atoms with Crippen LogP contribution >= 0.6 is 11.8 Å². The predicted molar refractivity (Wildman–Crippen MR) is 126 cm³/mol. The summed E-state index contributed by atoms with van der Waals surface area (Å²) in [6.45, 7) is 3.92. The summed E-state index contributed by atoms with van der Waals surface area (Å²) >= 11 is 1.52. The molecular weight excluding hydrogens is 408 g/mol. The molecule has 0 bridgehead atoms. The third-order valence-electron chi connectivity index (χ3n) is 6.04. The molecule has 0 spiro atoms. The van der Waals surface area contributed by atoms with Crippen molar-refractivity contribution in [2.24, 2.45) is 0 Å². The number of carbonyl (C=O) groups excluding carboxylic acids is 2. The van der Waals surface area contributed by atoms with Gasteiger partial charge in [-0.1, -0.05) is 31.0 Å². The van der Waals surface area contributed by atoms with E-state index in [4.69, 9.17) is 0 Å². The van der Waals surface area contributed by atoms with Crippen LogP contribution in [0, 0.1) is 13.8 Å². The van der Waals surface area contributed by atoms with Crippen LogP contribution in [0.2, 0.25) is 0 Å². The molecule has 0 atom stereocenters. The van der Waals surface area contributed by atoms with Gasteiger partial charge >= 0.3 is 0 Å². The molecule has 2 amide bonds. The number of hydrogen-bond acceptors (Lipinski definition) is 5. The van der Waals surface area contributed by atoms with E-state index in [1.807, 2.05) is 32.1 Å². The second kappa shape index (κ2) is 10.8. The van der Waals surface area contributed by atoms with E-state index < -0.39 is 0 Å². The van der Waals surface area contributed by atoms with Gasteiger partial charge in [-0.05, 0) is 69.2 Å². The normalized spacial score (nSPS) is 14.3. The van der Waals surface area contributed by atoms with Crippen molar-refractivity contribution in [1.82, 2.24) is 14.9 Å². The molecule has 3 rings (SSSR count). The summed E-state index contributed by atoms with van der Waals surface area (Å²) in [5.74, 6) is -0.0180. The average Bonchev–Trinajstić information content (AvgIpc) is 2.78. The minimum atomic E-state index is -0.0638. The fourth-order valence-electron chi connectivity index (χ4n) is 4.16. The van der Waals surface area contributed by atoms with Crippen molar-refractivity contribution in [3.63, 3.8) is 0 Å². The summed E-state index contributed by atoms with van der Waals surface area (Å²) in [5, 5.41) is 3.68. The number of anilines is 1. The molecule has 1 heterocycles. The first-order valence-electron chi connectivity index (χ1n) is 10.9. The first-order valence-corrected chi connectivity index (χ1v) is 12.2. The van der Waals surface area contributed by atoms with Gasteiger partial charge in [0.1, 0.15) is 0 Å². The van der Waals surface area contributed by atoms with Crippen LogP contribution in [0.25, 0.3) is 0 Å². The molecule has 1 N–H and O–H groups in total. The largest absolute Gasteiger partial charge is 0.339 e. The second-order valence-corrected chi connectivity index (χ2v) is 8.97. The van der Waals surface area contributed by atoms with E-state index in [0.29, 0.717) is 30.1 Å². The lowest BCUT2D eigenvalue weighted by atomic mass is 9.94. The zero-order chi connectivity index (χ0) is 22.4. The van der Waals surface area contributed by atoms with Crippen LogP contribution in [0.15, 0.2) is 29.4 Å². The van der Waals surface area contributed by atoms with E-state index in [0.717, 1.165) is 34.9 Å². The number of nitrogens with one attached hydrogen (secondary N) is 1. The second-order valence-electron chi connectivity index (χ2n) is 8.19. The van der Waals surface area contributed by atoms with Gasteiger partial charge in [-0.2, -0.15) is 0 Å². The molecule has 1 aromatic carbocycles. The van der Waals surface area contributed by atoms with Gasteiger partial charge in [0, 0.05) is 42.1 Å². The number of amides is 2. The van der Waals surface area contributed by atoms with Crippen LogP contribution in [0.1, 0.15) is 65.8 Å². The molecule has 0 saturated heterocycles. The number of rotatable bonds is 7. The molecule has 0 unspecified atom stereocenters. The minimum absolute atomic E-state index is 0.0458. The fraction of sp³-hybridized carbons (Fsp3) is 0.500. The molecule has 1 fully saturated rings. The van der Waals surface area contributed by atoms with E-state index in [2.05, 4.69) is 15.3 Å². The predicted octanol–water partition coefficient (Wildman–Crippen LogP) is 4.79. The van der Waals surface area contributed by atoms with Crippen molar-refractivity contribution in [3.8, 4) is 0 Å². The van der Waals surface area contributed by atoms with Gasteiger partial charge in [0.15, 0.2) is 5.16 Å². The maximum atomic E-state index is 12.8. The van der Waals surface area contributed by atoms with Crippen LogP contribution < -0.4 is 5.32 Å². The molecule has 1 saturated carbocycles. The first kappa shape index (κ1) is 23.3. The third-order valence-corrected chi connectivity index (χ3v) is 6.59. The van der Waals surface area contributed by atoms with Gasteiger partial charge in [-0.15, -0.1) is 0 Å². The lowest BCUT2D eigenvalue weighted by molar-refractivity contribution is -0.116. The molecule has 31 heavy (non-hydrogen) atoms. The number of aryl methyl sites for hydroxylation is 2. The number of thioether (sulfide) groups is 1. The van der Waals surface area contributed by atoms with E-state index in [1.54, 1.807) is 24.3 Å². The van der Waals surface area contributed by atoms with E-state index in [1.165, 1.54) is 31.0 Å². The average molecular weight is 441 g/mol. The maximum absolute atomic E-state index is 12.8. The summed E-state index contributed by atoms with van der Waals surface area (Å²) in [5.41, 5.74) is 4.23. The minimum Gasteiger partial charge on any atom is -0.339 e. The van der Waals surface area contributed by atoms with Gasteiger partial charge in [0.2, 0.25) is 5.91 Å². The quantitative estimate of drug-likeness (QED) is 0.495. The van der Waals surface area contributed by atoms with Gasteiger partial charge in [-0.3, -0.25) is 9.59 Å². The highest BCUT2D eigenvalue weighted by atomic mass is 32.2. The Kier molecular flexibility index (Phi) is 8.07. The zero-order valence-corrected chi connectivity index (χ0v) is 19.7. The Morgan fingerprint density at radius 3 is 2.26 bits per heavy atom. The zero-order valence-electron chi connectivity index (χ0n) is 18.9. The Bertz CT molecular complexity index is 901. The number of carbonyl (C=O) groups is 2. The van der Waals surface area contributed by atoms with Crippen molar-refractivity contribution in [3.05, 3.63) is 46.8 Å². The van der Waals surface area contributed by atoms with Crippen molar-refractivity contribution in [2.75, 3.05) is 18.6 Å². The highest BCUT2D eigenvalue weighted by Gasteiger charge is 2.23. The molecule has 0 radical (unpaired) electrons. The summed E-state index contributed by atoms with van der Waals surface area (Å²) < 4.78 is 0. The van der Waals surface area contributed by atoms with Gasteiger partial charge in [-0.25, -0.2) is 9.97 Å². The summed E-state index contributed by atoms with van der Waals surface area (Å²) in [6, 6.07) is 7.52. The molecular formula is C24H32N4O2S. The molecule has 1 aromatic heterocycles. The Morgan fingerprint density at radius 1 is 1.06 bits per heavy atom. The van der Waals surface area contributed by atoms with Crippen LogP contribution in [0.5, 0.6) is 0 Å². The summed E-state index contributed by atoms with van der Waals surface area (Å²) in [7, 11) is 1.90. The number of aromatic nitrogens is 2. The number of nitrogens with zero attached hydrogens (tertiary/aromatic N) is 3. The van der Waals surface area contributed by atoms with Crippen molar-refractivity contribution < 1.29 is 9.59 Å². The van der Waals surface area contributed by atoms with Crippen molar-refractivity contribution in [1.29, 1.82) is 0 Å². The molecule has 0 aliphatic heterocycles. The highest BCUT2D eigenvalue weighted by Crippen LogP contribution is 2.23. The lowest BCUT2D eigenvalue weighted by Crippen LogP contribution is -2.38. The highest BCUT2D eigenvalue weighted by molar-refractivity contribution is 7.98. The van der Waals surface area contributed by atoms with Crippen LogP contribution in [-0.4, -0.2) is 46.0 Å². The van der Waals surface area contributed by atoms with Crippen molar-refractivity contribution >= 4 is 29.3 Å². The standard InChI is InChI=1S/C24H32N4O2S/c1-16-21(17(2)26-24(25-16)31-4)14-15-22(29)27-19-12-10-18(11-13-19)23(30)28(3)20-8-6-5-7-9-20/h10-13,20H,5-9,14-15H2,1-4H3,(H,27,29). The SMILES string of the molecule is CSc1nc(C)c(CCC(=O)Nc2ccc(C(=O)N(C)C3CCCCC3)cc2)c(C)n1. The molecule has 1 aliphatic carbocycles. The Hall–Kier alpha value is -2.41. The van der Waals surface area contributed by atoms with Gasteiger partial charge in [0.05, 0.1) is 0 Å². The Balaban J connectivity index is 1.55. The first-order chi connectivity index (χ1) is 14.9. The lowest BCUT2D eigenvalue weighted by Gasteiger charge is -2.31. The maximum Gasteiger partial charge on any atom is 0.253 e. The van der Waals surface area contributed by atoms with E-state index in [-0.39, 0.29) is 11.8 Å². The van der Waals surface area contributed by atoms with E-state index in [9.17, 15) is 9.59 Å². The van der Waals surface area contributed by atoms with Crippen LogP contribution in [0.3, 0.4) is 0 Å². The van der Waals surface area contributed by atoms with E-state index >= 15 is 0 Å². The monoisotopic (exact) mass is 440 g/mol. The molecule has 7 heteroatoms. The number of benzene rings is 1. The van der Waals surface area contributed by atoms with Gasteiger partial charge in [0.25, 0.3) is 5.91 Å². The fourth-order valence-corrected chi connectivity index (χ4v) is 4.61. The Labute approximate surface area is 189 Å². The topological polar surface area (TPSA) is 75.2 Å². The molecule has 1 aliphatic rings.